The first-order valence-electron chi connectivity index (χ1n) is 9.59. The number of nitrogens with one attached hydrogen (secondary N) is 2. The summed E-state index contributed by atoms with van der Waals surface area (Å²) in [5, 5.41) is 5.31. The molecule has 0 aliphatic carbocycles. The lowest BCUT2D eigenvalue weighted by molar-refractivity contribution is -0.143. The van der Waals surface area contributed by atoms with Gasteiger partial charge in [0.05, 0.1) is 12.7 Å². The number of hydrogen-bond donors (Lipinski definition) is 2. The van der Waals surface area contributed by atoms with Crippen molar-refractivity contribution in [2.45, 2.75) is 6.61 Å². The molecule has 158 valence electrons. The Bertz CT molecular complexity index is 1050. The molecule has 2 amide bonds. The zero-order valence-corrected chi connectivity index (χ0v) is 17.0. The van der Waals surface area contributed by atoms with Crippen molar-refractivity contribution in [1.82, 2.24) is 5.32 Å². The van der Waals surface area contributed by atoms with Crippen LogP contribution in [0.15, 0.2) is 78.9 Å². The largest absolute Gasteiger partial charge is 0.496 e. The predicted octanol–water partition coefficient (Wildman–Crippen LogP) is 3.42. The van der Waals surface area contributed by atoms with E-state index < -0.39 is 11.9 Å². The van der Waals surface area contributed by atoms with Gasteiger partial charge in [-0.2, -0.15) is 0 Å². The SMILES string of the molecule is COc1ccccc1C(=O)NCC(=O)OCc1ccc(C(=O)Nc2ccccc2)cc1. The van der Waals surface area contributed by atoms with E-state index in [1.807, 2.05) is 18.2 Å². The Morgan fingerprint density at radius 3 is 2.19 bits per heavy atom. The average Bonchev–Trinajstić information content (AvgIpc) is 2.82. The van der Waals surface area contributed by atoms with Crippen LogP contribution in [-0.4, -0.2) is 31.4 Å². The molecule has 3 aromatic carbocycles. The predicted molar refractivity (Wildman–Crippen MR) is 116 cm³/mol. The molecule has 0 bridgehead atoms. The minimum Gasteiger partial charge on any atom is -0.496 e. The molecule has 0 radical (unpaired) electrons. The van der Waals surface area contributed by atoms with E-state index in [1.165, 1.54) is 7.11 Å². The number of carbonyl (C=O) groups excluding carboxylic acids is 3. The van der Waals surface area contributed by atoms with Gasteiger partial charge in [0, 0.05) is 11.3 Å². The minimum atomic E-state index is -0.575. The van der Waals surface area contributed by atoms with Gasteiger partial charge in [-0.05, 0) is 42.0 Å². The van der Waals surface area contributed by atoms with Gasteiger partial charge in [-0.25, -0.2) is 0 Å². The van der Waals surface area contributed by atoms with E-state index in [0.29, 0.717) is 22.6 Å². The van der Waals surface area contributed by atoms with Gasteiger partial charge in [-0.3, -0.25) is 14.4 Å². The number of amides is 2. The van der Waals surface area contributed by atoms with E-state index in [-0.39, 0.29) is 19.1 Å². The van der Waals surface area contributed by atoms with Crippen LogP contribution in [0.4, 0.5) is 5.69 Å². The number of benzene rings is 3. The molecule has 0 fully saturated rings. The highest BCUT2D eigenvalue weighted by molar-refractivity contribution is 6.04. The molecular weight excluding hydrogens is 396 g/mol. The second kappa shape index (κ2) is 10.6. The summed E-state index contributed by atoms with van der Waals surface area (Å²) in [5.74, 6) is -0.809. The molecule has 0 aliphatic heterocycles. The van der Waals surface area contributed by atoms with Crippen molar-refractivity contribution < 1.29 is 23.9 Å². The lowest BCUT2D eigenvalue weighted by atomic mass is 10.1. The van der Waals surface area contributed by atoms with Crippen molar-refractivity contribution >= 4 is 23.5 Å². The quantitative estimate of drug-likeness (QED) is 0.547. The third-order valence-corrected chi connectivity index (χ3v) is 4.39. The zero-order valence-electron chi connectivity index (χ0n) is 17.0. The Labute approximate surface area is 180 Å². The molecule has 7 heteroatoms. The van der Waals surface area contributed by atoms with Crippen LogP contribution in [0.2, 0.25) is 0 Å². The fourth-order valence-electron chi connectivity index (χ4n) is 2.77. The van der Waals surface area contributed by atoms with E-state index in [2.05, 4.69) is 10.6 Å². The van der Waals surface area contributed by atoms with Crippen LogP contribution < -0.4 is 15.4 Å². The second-order valence-corrected chi connectivity index (χ2v) is 6.56. The molecule has 0 aromatic heterocycles. The fraction of sp³-hybridized carbons (Fsp3) is 0.125. The average molecular weight is 418 g/mol. The van der Waals surface area contributed by atoms with Crippen molar-refractivity contribution in [2.24, 2.45) is 0 Å². The molecule has 0 unspecified atom stereocenters. The van der Waals surface area contributed by atoms with Gasteiger partial charge >= 0.3 is 5.97 Å². The maximum absolute atomic E-state index is 12.3. The van der Waals surface area contributed by atoms with Gasteiger partial charge < -0.3 is 20.1 Å². The molecule has 3 rings (SSSR count). The van der Waals surface area contributed by atoms with Gasteiger partial charge in [0.15, 0.2) is 0 Å². The maximum Gasteiger partial charge on any atom is 0.325 e. The standard InChI is InChI=1S/C24H22N2O5/c1-30-21-10-6-5-9-20(21)24(29)25-15-22(27)31-16-17-11-13-18(14-12-17)23(28)26-19-7-3-2-4-8-19/h2-14H,15-16H2,1H3,(H,25,29)(H,26,28). The van der Waals surface area contributed by atoms with Gasteiger partial charge in [-0.15, -0.1) is 0 Å². The maximum atomic E-state index is 12.3. The van der Waals surface area contributed by atoms with Gasteiger partial charge in [0.25, 0.3) is 11.8 Å². The normalized spacial score (nSPS) is 10.1. The zero-order chi connectivity index (χ0) is 22.1. The Morgan fingerprint density at radius 2 is 1.48 bits per heavy atom. The van der Waals surface area contributed by atoms with Gasteiger partial charge in [0.1, 0.15) is 18.9 Å². The van der Waals surface area contributed by atoms with Crippen molar-refractivity contribution in [1.29, 1.82) is 0 Å². The monoisotopic (exact) mass is 418 g/mol. The Hall–Kier alpha value is -4.13. The smallest absolute Gasteiger partial charge is 0.325 e. The van der Waals surface area contributed by atoms with Crippen LogP contribution in [0.25, 0.3) is 0 Å². The lowest BCUT2D eigenvalue weighted by Gasteiger charge is -2.09. The van der Waals surface area contributed by atoms with Gasteiger partial charge in [0.2, 0.25) is 0 Å². The van der Waals surface area contributed by atoms with E-state index in [9.17, 15) is 14.4 Å². The highest BCUT2D eigenvalue weighted by Gasteiger charge is 2.13. The first-order valence-corrected chi connectivity index (χ1v) is 9.59. The minimum absolute atomic E-state index is 0.0317. The van der Waals surface area contributed by atoms with E-state index in [4.69, 9.17) is 9.47 Å². The highest BCUT2D eigenvalue weighted by atomic mass is 16.5. The van der Waals surface area contributed by atoms with Crippen LogP contribution in [0.5, 0.6) is 5.75 Å². The molecule has 7 nitrogen and oxygen atoms in total. The summed E-state index contributed by atoms with van der Waals surface area (Å²) in [7, 11) is 1.47. The molecule has 0 saturated carbocycles. The Balaban J connectivity index is 1.46. The van der Waals surface area contributed by atoms with Crippen molar-refractivity contribution in [3.8, 4) is 5.75 Å². The van der Waals surface area contributed by atoms with Crippen LogP contribution in [0.1, 0.15) is 26.3 Å². The Morgan fingerprint density at radius 1 is 0.806 bits per heavy atom. The summed E-state index contributed by atoms with van der Waals surface area (Å²) in [6.45, 7) is -0.238. The Kier molecular flexibility index (Phi) is 7.37. The summed E-state index contributed by atoms with van der Waals surface area (Å²) in [6.07, 6.45) is 0. The van der Waals surface area contributed by atoms with E-state index in [0.717, 1.165) is 5.56 Å². The van der Waals surface area contributed by atoms with Crippen molar-refractivity contribution in [3.63, 3.8) is 0 Å². The molecule has 0 saturated heterocycles. The van der Waals surface area contributed by atoms with Gasteiger partial charge in [-0.1, -0.05) is 42.5 Å². The highest BCUT2D eigenvalue weighted by Crippen LogP contribution is 2.16. The molecule has 0 spiro atoms. The van der Waals surface area contributed by atoms with Crippen LogP contribution in [-0.2, 0) is 16.1 Å². The number of para-hydroxylation sites is 2. The second-order valence-electron chi connectivity index (χ2n) is 6.56. The molecule has 0 heterocycles. The van der Waals surface area contributed by atoms with E-state index in [1.54, 1.807) is 60.7 Å². The molecule has 0 aliphatic rings. The molecular formula is C24H22N2O5. The number of methoxy groups -OCH3 is 1. The summed E-state index contributed by atoms with van der Waals surface area (Å²) in [4.78, 5) is 36.4. The van der Waals surface area contributed by atoms with Crippen molar-refractivity contribution in [3.05, 3.63) is 95.6 Å². The fourth-order valence-corrected chi connectivity index (χ4v) is 2.77. The first kappa shape index (κ1) is 21.6. The molecule has 3 aromatic rings. The third-order valence-electron chi connectivity index (χ3n) is 4.39. The van der Waals surface area contributed by atoms with E-state index >= 15 is 0 Å². The molecule has 31 heavy (non-hydrogen) atoms. The third kappa shape index (κ3) is 6.17. The lowest BCUT2D eigenvalue weighted by Crippen LogP contribution is -2.30. The number of rotatable bonds is 8. The van der Waals surface area contributed by atoms with Crippen LogP contribution >= 0.6 is 0 Å². The van der Waals surface area contributed by atoms with Crippen LogP contribution in [0, 0.1) is 0 Å². The van der Waals surface area contributed by atoms with Crippen LogP contribution in [0.3, 0.4) is 0 Å². The summed E-state index contributed by atoms with van der Waals surface area (Å²) in [5.41, 5.74) is 2.26. The summed E-state index contributed by atoms with van der Waals surface area (Å²) >= 11 is 0. The summed E-state index contributed by atoms with van der Waals surface area (Å²) < 4.78 is 10.3. The number of esters is 1. The number of carbonyl (C=O) groups is 3. The molecule has 0 atom stereocenters. The topological polar surface area (TPSA) is 93.7 Å². The first-order chi connectivity index (χ1) is 15.1. The molecule has 2 N–H and O–H groups in total. The number of hydrogen-bond acceptors (Lipinski definition) is 5. The van der Waals surface area contributed by atoms with Crippen molar-refractivity contribution in [2.75, 3.05) is 19.0 Å². The summed E-state index contributed by atoms with van der Waals surface area (Å²) in [6, 6.07) is 22.6. The number of ether oxygens (including phenoxy) is 2. The number of anilines is 1.